The van der Waals surface area contributed by atoms with Crippen molar-refractivity contribution < 1.29 is 12.8 Å². The molecule has 0 N–H and O–H groups in total. The highest BCUT2D eigenvalue weighted by molar-refractivity contribution is 7.90. The molecule has 0 radical (unpaired) electrons. The molecule has 6 heteroatoms. The molecule has 0 amide bonds. The number of rotatable bonds is 2. The van der Waals surface area contributed by atoms with Gasteiger partial charge in [-0.15, -0.1) is 0 Å². The van der Waals surface area contributed by atoms with E-state index in [4.69, 9.17) is 0 Å². The van der Waals surface area contributed by atoms with Gasteiger partial charge in [0.05, 0.1) is 16.6 Å². The lowest BCUT2D eigenvalue weighted by Gasteiger charge is -2.06. The van der Waals surface area contributed by atoms with Gasteiger partial charge in [-0.1, -0.05) is 17.7 Å². The second-order valence-electron chi connectivity index (χ2n) is 4.51. The van der Waals surface area contributed by atoms with Crippen molar-refractivity contribution in [3.63, 3.8) is 0 Å². The van der Waals surface area contributed by atoms with E-state index in [0.717, 1.165) is 9.65 Å². The Morgan fingerprint density at radius 3 is 2.50 bits per heavy atom. The van der Waals surface area contributed by atoms with Gasteiger partial charge in [0, 0.05) is 5.39 Å². The Hall–Kier alpha value is -2.21. The topological polar surface area (TPSA) is 52.0 Å². The lowest BCUT2D eigenvalue weighted by Crippen LogP contribution is -2.14. The normalized spacial score (nSPS) is 11.9. The van der Waals surface area contributed by atoms with Crippen LogP contribution in [0.3, 0.4) is 0 Å². The molecule has 0 unspecified atom stereocenters. The molecule has 3 rings (SSSR count). The summed E-state index contributed by atoms with van der Waals surface area (Å²) in [6.45, 7) is 1.88. The van der Waals surface area contributed by atoms with Crippen molar-refractivity contribution in [1.29, 1.82) is 0 Å². The molecule has 3 aromatic rings. The lowest BCUT2D eigenvalue weighted by molar-refractivity contribution is 0.582. The van der Waals surface area contributed by atoms with Gasteiger partial charge in [0.15, 0.2) is 0 Å². The minimum Gasteiger partial charge on any atom is -0.207 e. The highest BCUT2D eigenvalue weighted by Gasteiger charge is 2.20. The average Bonchev–Trinajstić information content (AvgIpc) is 2.82. The van der Waals surface area contributed by atoms with Gasteiger partial charge in [0.2, 0.25) is 0 Å². The van der Waals surface area contributed by atoms with Gasteiger partial charge in [-0.05, 0) is 37.3 Å². The molecule has 1 heterocycles. The molecule has 0 saturated carbocycles. The largest absolute Gasteiger partial charge is 0.283 e. The molecule has 0 fully saturated rings. The van der Waals surface area contributed by atoms with E-state index in [9.17, 15) is 12.8 Å². The highest BCUT2D eigenvalue weighted by Crippen LogP contribution is 2.21. The summed E-state index contributed by atoms with van der Waals surface area (Å²) >= 11 is 0. The van der Waals surface area contributed by atoms with Crippen LogP contribution in [-0.4, -0.2) is 17.6 Å². The minimum absolute atomic E-state index is 0.150. The van der Waals surface area contributed by atoms with E-state index in [1.54, 1.807) is 12.1 Å². The molecule has 0 bridgehead atoms. The quantitative estimate of drug-likeness (QED) is 0.729. The molecule has 0 aliphatic heterocycles. The summed E-state index contributed by atoms with van der Waals surface area (Å²) in [6, 6.07) is 10.4. The Bertz CT molecular complexity index is 883. The molecular formula is C14H11FN2O2S. The van der Waals surface area contributed by atoms with Gasteiger partial charge in [-0.2, -0.15) is 17.6 Å². The van der Waals surface area contributed by atoms with Gasteiger partial charge < -0.3 is 0 Å². The molecular weight excluding hydrogens is 279 g/mol. The van der Waals surface area contributed by atoms with Gasteiger partial charge in [-0.25, -0.2) is 4.39 Å². The maximum absolute atomic E-state index is 13.1. The van der Waals surface area contributed by atoms with Crippen LogP contribution in [0.2, 0.25) is 0 Å². The summed E-state index contributed by atoms with van der Waals surface area (Å²) in [7, 11) is -3.77. The number of hydrogen-bond acceptors (Lipinski definition) is 3. The van der Waals surface area contributed by atoms with E-state index < -0.39 is 15.8 Å². The monoisotopic (exact) mass is 290 g/mol. The number of aryl methyl sites for hydroxylation is 1. The van der Waals surface area contributed by atoms with Gasteiger partial charge >= 0.3 is 0 Å². The van der Waals surface area contributed by atoms with Crippen molar-refractivity contribution in [3.05, 3.63) is 60.0 Å². The number of aromatic nitrogens is 2. The van der Waals surface area contributed by atoms with Gasteiger partial charge in [-0.3, -0.25) is 0 Å². The molecule has 0 spiro atoms. The zero-order valence-corrected chi connectivity index (χ0v) is 11.4. The second-order valence-corrected chi connectivity index (χ2v) is 6.28. The van der Waals surface area contributed by atoms with E-state index >= 15 is 0 Å². The number of hydrogen-bond donors (Lipinski definition) is 0. The first-order valence-corrected chi connectivity index (χ1v) is 7.38. The maximum Gasteiger partial charge on any atom is 0.283 e. The lowest BCUT2D eigenvalue weighted by atomic mass is 10.2. The third-order valence-corrected chi connectivity index (χ3v) is 4.66. The van der Waals surface area contributed by atoms with Crippen LogP contribution in [-0.2, 0) is 10.0 Å². The summed E-state index contributed by atoms with van der Waals surface area (Å²) < 4.78 is 39.1. The molecule has 1 aromatic heterocycles. The van der Waals surface area contributed by atoms with Crippen LogP contribution in [0.4, 0.5) is 4.39 Å². The van der Waals surface area contributed by atoms with Crippen LogP contribution in [0.15, 0.2) is 53.6 Å². The number of benzene rings is 2. The van der Waals surface area contributed by atoms with Crippen LogP contribution in [0.5, 0.6) is 0 Å². The van der Waals surface area contributed by atoms with E-state index in [1.807, 2.05) is 6.92 Å². The molecule has 0 aliphatic carbocycles. The number of halogens is 1. The molecule has 0 aliphatic rings. The predicted molar refractivity (Wildman–Crippen MR) is 73.5 cm³/mol. The summed E-state index contributed by atoms with van der Waals surface area (Å²) in [4.78, 5) is 0.150. The molecule has 102 valence electrons. The van der Waals surface area contributed by atoms with Crippen molar-refractivity contribution in [2.24, 2.45) is 0 Å². The van der Waals surface area contributed by atoms with Gasteiger partial charge in [0.1, 0.15) is 5.82 Å². The van der Waals surface area contributed by atoms with Crippen LogP contribution in [0, 0.1) is 12.7 Å². The molecule has 20 heavy (non-hydrogen) atoms. The zero-order chi connectivity index (χ0) is 14.3. The highest BCUT2D eigenvalue weighted by atomic mass is 32.2. The Morgan fingerprint density at radius 2 is 1.80 bits per heavy atom. The third-order valence-electron chi connectivity index (χ3n) is 3.04. The maximum atomic E-state index is 13.1. The Kier molecular flexibility index (Phi) is 2.83. The average molecular weight is 290 g/mol. The number of fused-ring (bicyclic) bond motifs is 1. The van der Waals surface area contributed by atoms with E-state index in [-0.39, 0.29) is 4.90 Å². The fourth-order valence-corrected chi connectivity index (χ4v) is 3.26. The van der Waals surface area contributed by atoms with Crippen molar-refractivity contribution >= 4 is 20.9 Å². The van der Waals surface area contributed by atoms with Crippen LogP contribution in [0.1, 0.15) is 5.56 Å². The summed E-state index contributed by atoms with van der Waals surface area (Å²) in [6.07, 6.45) is 1.34. The summed E-state index contributed by atoms with van der Waals surface area (Å²) in [5, 5.41) is 4.31. The fraction of sp³-hybridized carbons (Fsp3) is 0.0714. The Labute approximate surface area is 115 Å². The summed E-state index contributed by atoms with van der Waals surface area (Å²) in [5.74, 6) is -0.426. The summed E-state index contributed by atoms with van der Waals surface area (Å²) in [5.41, 5.74) is 1.32. The first kappa shape index (κ1) is 12.8. The van der Waals surface area contributed by atoms with E-state index in [0.29, 0.717) is 10.9 Å². The van der Waals surface area contributed by atoms with Crippen molar-refractivity contribution in [1.82, 2.24) is 9.19 Å². The fourth-order valence-electron chi connectivity index (χ4n) is 1.98. The van der Waals surface area contributed by atoms with E-state index in [2.05, 4.69) is 5.10 Å². The zero-order valence-electron chi connectivity index (χ0n) is 10.6. The Balaban J connectivity index is 2.21. The third kappa shape index (κ3) is 1.98. The second kappa shape index (κ2) is 4.42. The number of nitrogens with zero attached hydrogens (tertiary/aromatic N) is 2. The van der Waals surface area contributed by atoms with Crippen molar-refractivity contribution in [3.8, 4) is 0 Å². The van der Waals surface area contributed by atoms with Gasteiger partial charge in [0.25, 0.3) is 10.0 Å². The molecule has 0 atom stereocenters. The van der Waals surface area contributed by atoms with Crippen molar-refractivity contribution in [2.45, 2.75) is 11.8 Å². The van der Waals surface area contributed by atoms with Crippen LogP contribution in [0.25, 0.3) is 10.9 Å². The van der Waals surface area contributed by atoms with Crippen LogP contribution >= 0.6 is 0 Å². The minimum atomic E-state index is -3.77. The van der Waals surface area contributed by atoms with Crippen molar-refractivity contribution in [2.75, 3.05) is 0 Å². The predicted octanol–water partition coefficient (Wildman–Crippen LogP) is 2.72. The standard InChI is InChI=1S/C14H11FN2O2S/c1-10-2-5-13(6-3-10)20(18,19)17-14-7-4-12(15)8-11(14)9-16-17/h2-9H,1H3. The molecule has 4 nitrogen and oxygen atoms in total. The Morgan fingerprint density at radius 1 is 1.10 bits per heavy atom. The van der Waals surface area contributed by atoms with E-state index in [1.165, 1.54) is 36.5 Å². The first-order valence-electron chi connectivity index (χ1n) is 5.94. The molecule has 0 saturated heterocycles. The first-order chi connectivity index (χ1) is 9.48. The SMILES string of the molecule is Cc1ccc(S(=O)(=O)n2ncc3cc(F)ccc32)cc1. The van der Waals surface area contributed by atoms with Crippen LogP contribution < -0.4 is 0 Å². The smallest absolute Gasteiger partial charge is 0.207 e. The molecule has 2 aromatic carbocycles.